The van der Waals surface area contributed by atoms with E-state index in [1.807, 2.05) is 18.2 Å². The van der Waals surface area contributed by atoms with Crippen molar-refractivity contribution < 1.29 is 4.39 Å². The van der Waals surface area contributed by atoms with E-state index in [1.165, 1.54) is 12.0 Å². The molecule has 1 aliphatic rings. The lowest BCUT2D eigenvalue weighted by molar-refractivity contribution is 0.168. The molecule has 0 heterocycles. The standard InChI is InChI=1S/C19H22FN/c1-2-21-18(16-11-6-7-12-17(16)20)19(13-8-14-19)15-9-4-3-5-10-15/h3-7,9-12,18,21H,2,8,13-14H2,1H3. The van der Waals surface area contributed by atoms with Gasteiger partial charge in [-0.1, -0.05) is 61.9 Å². The van der Waals surface area contributed by atoms with E-state index in [0.717, 1.165) is 24.9 Å². The van der Waals surface area contributed by atoms with Gasteiger partial charge in [-0.15, -0.1) is 0 Å². The van der Waals surface area contributed by atoms with Crippen molar-refractivity contribution in [1.29, 1.82) is 0 Å². The molecule has 2 heteroatoms. The number of hydrogen-bond acceptors (Lipinski definition) is 1. The molecule has 1 fully saturated rings. The number of halogens is 1. The zero-order valence-electron chi connectivity index (χ0n) is 12.5. The van der Waals surface area contributed by atoms with Crippen molar-refractivity contribution in [3.8, 4) is 0 Å². The lowest BCUT2D eigenvalue weighted by Crippen LogP contribution is -2.47. The van der Waals surface area contributed by atoms with Crippen LogP contribution in [0.5, 0.6) is 0 Å². The molecule has 0 saturated heterocycles. The van der Waals surface area contributed by atoms with Crippen molar-refractivity contribution in [2.24, 2.45) is 0 Å². The Morgan fingerprint density at radius 1 is 1.05 bits per heavy atom. The highest BCUT2D eigenvalue weighted by Gasteiger charge is 2.46. The maximum Gasteiger partial charge on any atom is 0.128 e. The zero-order chi connectivity index (χ0) is 14.7. The fourth-order valence-electron chi connectivity index (χ4n) is 3.59. The van der Waals surface area contributed by atoms with Crippen LogP contribution in [0.15, 0.2) is 54.6 Å². The van der Waals surface area contributed by atoms with Crippen LogP contribution in [0, 0.1) is 5.82 Å². The maximum absolute atomic E-state index is 14.3. The molecule has 1 N–H and O–H groups in total. The molecular formula is C19H22FN. The van der Waals surface area contributed by atoms with Crippen LogP contribution in [0.2, 0.25) is 0 Å². The smallest absolute Gasteiger partial charge is 0.128 e. The molecular weight excluding hydrogens is 261 g/mol. The largest absolute Gasteiger partial charge is 0.309 e. The third-order valence-corrected chi connectivity index (χ3v) is 4.77. The summed E-state index contributed by atoms with van der Waals surface area (Å²) in [5, 5.41) is 3.54. The van der Waals surface area contributed by atoms with Crippen molar-refractivity contribution in [3.63, 3.8) is 0 Å². The lowest BCUT2D eigenvalue weighted by atomic mass is 9.58. The van der Waals surface area contributed by atoms with Crippen molar-refractivity contribution in [1.82, 2.24) is 5.32 Å². The molecule has 0 spiro atoms. The maximum atomic E-state index is 14.3. The third-order valence-electron chi connectivity index (χ3n) is 4.77. The Morgan fingerprint density at radius 3 is 2.29 bits per heavy atom. The minimum atomic E-state index is -0.106. The fourth-order valence-corrected chi connectivity index (χ4v) is 3.59. The molecule has 1 atom stereocenters. The lowest BCUT2D eigenvalue weighted by Gasteiger charge is -2.49. The van der Waals surface area contributed by atoms with E-state index in [4.69, 9.17) is 0 Å². The molecule has 3 rings (SSSR count). The molecule has 110 valence electrons. The summed E-state index contributed by atoms with van der Waals surface area (Å²) in [5.41, 5.74) is 2.15. The molecule has 2 aromatic carbocycles. The molecule has 1 nitrogen and oxygen atoms in total. The van der Waals surface area contributed by atoms with Gasteiger partial charge in [0.15, 0.2) is 0 Å². The summed E-state index contributed by atoms with van der Waals surface area (Å²) in [5.74, 6) is -0.106. The zero-order valence-corrected chi connectivity index (χ0v) is 12.5. The van der Waals surface area contributed by atoms with Gasteiger partial charge in [-0.2, -0.15) is 0 Å². The van der Waals surface area contributed by atoms with Crippen LogP contribution in [0.1, 0.15) is 43.4 Å². The summed E-state index contributed by atoms with van der Waals surface area (Å²) in [6.07, 6.45) is 3.44. The Morgan fingerprint density at radius 2 is 1.71 bits per heavy atom. The van der Waals surface area contributed by atoms with Gasteiger partial charge in [-0.25, -0.2) is 4.39 Å². The Hall–Kier alpha value is -1.67. The van der Waals surface area contributed by atoms with E-state index < -0.39 is 0 Å². The predicted octanol–water partition coefficient (Wildman–Crippen LogP) is 4.60. The highest BCUT2D eigenvalue weighted by Crippen LogP contribution is 2.52. The van der Waals surface area contributed by atoms with Crippen LogP contribution in [0.3, 0.4) is 0 Å². The summed E-state index contributed by atoms with van der Waals surface area (Å²) in [4.78, 5) is 0. The average molecular weight is 283 g/mol. The van der Waals surface area contributed by atoms with Gasteiger partial charge in [-0.05, 0) is 31.0 Å². The Labute approximate surface area is 126 Å². The van der Waals surface area contributed by atoms with E-state index >= 15 is 0 Å². The fraction of sp³-hybridized carbons (Fsp3) is 0.368. The minimum absolute atomic E-state index is 0.0272. The van der Waals surface area contributed by atoms with Gasteiger partial charge in [0.05, 0.1) is 0 Å². The first kappa shape index (κ1) is 14.3. The number of hydrogen-bond donors (Lipinski definition) is 1. The molecule has 21 heavy (non-hydrogen) atoms. The van der Waals surface area contributed by atoms with Gasteiger partial charge in [0.25, 0.3) is 0 Å². The molecule has 1 aliphatic carbocycles. The van der Waals surface area contributed by atoms with Gasteiger partial charge in [-0.3, -0.25) is 0 Å². The quantitative estimate of drug-likeness (QED) is 0.845. The van der Waals surface area contributed by atoms with E-state index in [9.17, 15) is 4.39 Å². The van der Waals surface area contributed by atoms with Crippen LogP contribution in [-0.4, -0.2) is 6.54 Å². The molecule has 0 aromatic heterocycles. The van der Waals surface area contributed by atoms with Gasteiger partial charge in [0, 0.05) is 17.0 Å². The first-order valence-corrected chi connectivity index (χ1v) is 7.81. The molecule has 0 aliphatic heterocycles. The first-order chi connectivity index (χ1) is 10.3. The summed E-state index contributed by atoms with van der Waals surface area (Å²) >= 11 is 0. The van der Waals surface area contributed by atoms with Crippen LogP contribution in [0.25, 0.3) is 0 Å². The third kappa shape index (κ3) is 2.49. The van der Waals surface area contributed by atoms with Crippen molar-refractivity contribution >= 4 is 0 Å². The first-order valence-electron chi connectivity index (χ1n) is 7.81. The van der Waals surface area contributed by atoms with E-state index in [-0.39, 0.29) is 17.3 Å². The monoisotopic (exact) mass is 283 g/mol. The van der Waals surface area contributed by atoms with Gasteiger partial charge in [0.2, 0.25) is 0 Å². The normalized spacial score (nSPS) is 18.0. The van der Waals surface area contributed by atoms with Crippen LogP contribution in [0.4, 0.5) is 4.39 Å². The highest BCUT2D eigenvalue weighted by molar-refractivity contribution is 5.36. The van der Waals surface area contributed by atoms with Crippen molar-refractivity contribution in [2.75, 3.05) is 6.54 Å². The van der Waals surface area contributed by atoms with Crippen molar-refractivity contribution in [2.45, 2.75) is 37.6 Å². The second kappa shape index (κ2) is 5.98. The summed E-state index contributed by atoms with van der Waals surface area (Å²) < 4.78 is 14.3. The molecule has 1 saturated carbocycles. The number of benzene rings is 2. The molecule has 0 bridgehead atoms. The SMILES string of the molecule is CCNC(c1ccccc1F)C1(c2ccccc2)CCC1. The Bertz CT molecular complexity index is 590. The van der Waals surface area contributed by atoms with Crippen LogP contribution < -0.4 is 5.32 Å². The second-order valence-corrected chi connectivity index (χ2v) is 5.89. The van der Waals surface area contributed by atoms with Gasteiger partial charge < -0.3 is 5.32 Å². The van der Waals surface area contributed by atoms with Crippen LogP contribution >= 0.6 is 0 Å². The summed E-state index contributed by atoms with van der Waals surface area (Å²) in [7, 11) is 0. The minimum Gasteiger partial charge on any atom is -0.309 e. The topological polar surface area (TPSA) is 12.0 Å². The number of rotatable bonds is 5. The molecule has 0 amide bonds. The van der Waals surface area contributed by atoms with Crippen molar-refractivity contribution in [3.05, 3.63) is 71.5 Å². The summed E-state index contributed by atoms with van der Waals surface area (Å²) in [6, 6.07) is 17.8. The van der Waals surface area contributed by atoms with E-state index in [1.54, 1.807) is 12.1 Å². The van der Waals surface area contributed by atoms with Crippen LogP contribution in [-0.2, 0) is 5.41 Å². The predicted molar refractivity (Wildman–Crippen MR) is 84.8 cm³/mol. The van der Waals surface area contributed by atoms with Gasteiger partial charge >= 0.3 is 0 Å². The van der Waals surface area contributed by atoms with E-state index in [2.05, 4.69) is 36.5 Å². The summed E-state index contributed by atoms with van der Waals surface area (Å²) in [6.45, 7) is 2.93. The number of nitrogens with one attached hydrogen (secondary N) is 1. The Kier molecular flexibility index (Phi) is 4.07. The second-order valence-electron chi connectivity index (χ2n) is 5.89. The Balaban J connectivity index is 2.05. The molecule has 1 unspecified atom stereocenters. The highest BCUT2D eigenvalue weighted by atomic mass is 19.1. The average Bonchev–Trinajstić information content (AvgIpc) is 2.47. The molecule has 0 radical (unpaired) electrons. The number of likely N-dealkylation sites (N-methyl/N-ethyl adjacent to an activating group) is 1. The molecule has 2 aromatic rings. The van der Waals surface area contributed by atoms with E-state index in [0.29, 0.717) is 0 Å². The van der Waals surface area contributed by atoms with Gasteiger partial charge in [0.1, 0.15) is 5.82 Å².